The van der Waals surface area contributed by atoms with Crippen LogP contribution in [0.15, 0.2) is 24.3 Å². The summed E-state index contributed by atoms with van der Waals surface area (Å²) in [6.07, 6.45) is 4.05. The molecular weight excluding hydrogens is 302 g/mol. The molecule has 1 saturated heterocycles. The van der Waals surface area contributed by atoms with Crippen LogP contribution in [0.1, 0.15) is 36.8 Å². The quantitative estimate of drug-likeness (QED) is 0.735. The van der Waals surface area contributed by atoms with Gasteiger partial charge in [-0.15, -0.1) is 0 Å². The number of piperidine rings is 1. The molecule has 1 heterocycles. The number of amides is 1. The van der Waals surface area contributed by atoms with E-state index < -0.39 is 0 Å². The van der Waals surface area contributed by atoms with E-state index in [4.69, 9.17) is 10.00 Å². The summed E-state index contributed by atoms with van der Waals surface area (Å²) in [6, 6.07) is 9.76. The van der Waals surface area contributed by atoms with Crippen molar-refractivity contribution in [1.29, 1.82) is 5.26 Å². The van der Waals surface area contributed by atoms with E-state index in [0.717, 1.165) is 51.1 Å². The van der Waals surface area contributed by atoms with Gasteiger partial charge in [-0.1, -0.05) is 12.1 Å². The predicted molar refractivity (Wildman–Crippen MR) is 93.4 cm³/mol. The summed E-state index contributed by atoms with van der Waals surface area (Å²) in [7, 11) is 1.69. The fourth-order valence-corrected chi connectivity index (χ4v) is 2.99. The minimum Gasteiger partial charge on any atom is -0.383 e. The molecule has 5 nitrogen and oxygen atoms in total. The Morgan fingerprint density at radius 1 is 1.21 bits per heavy atom. The van der Waals surface area contributed by atoms with Crippen LogP contribution in [0.25, 0.3) is 0 Å². The van der Waals surface area contributed by atoms with Gasteiger partial charge in [0, 0.05) is 46.3 Å². The largest absolute Gasteiger partial charge is 0.383 e. The summed E-state index contributed by atoms with van der Waals surface area (Å²) in [5, 5.41) is 8.88. The molecule has 2 rings (SSSR count). The number of nitriles is 1. The minimum absolute atomic E-state index is 0.261. The molecule has 24 heavy (non-hydrogen) atoms. The molecule has 1 aromatic carbocycles. The third-order valence-electron chi connectivity index (χ3n) is 4.45. The lowest BCUT2D eigenvalue weighted by Crippen LogP contribution is -2.38. The number of rotatable bonds is 8. The first kappa shape index (κ1) is 18.4. The molecule has 0 saturated carbocycles. The van der Waals surface area contributed by atoms with E-state index in [1.54, 1.807) is 7.11 Å². The maximum Gasteiger partial charge on any atom is 0.223 e. The molecule has 0 aliphatic carbocycles. The Balaban J connectivity index is 1.86. The second-order valence-electron chi connectivity index (χ2n) is 6.27. The van der Waals surface area contributed by atoms with Gasteiger partial charge in [-0.3, -0.25) is 9.69 Å². The van der Waals surface area contributed by atoms with E-state index in [1.165, 1.54) is 6.42 Å². The first-order valence-electron chi connectivity index (χ1n) is 8.71. The van der Waals surface area contributed by atoms with Crippen LogP contribution < -0.4 is 0 Å². The third kappa shape index (κ3) is 5.95. The Labute approximate surface area is 144 Å². The van der Waals surface area contributed by atoms with Crippen LogP contribution >= 0.6 is 0 Å². The van der Waals surface area contributed by atoms with Gasteiger partial charge in [0.1, 0.15) is 0 Å². The zero-order valence-corrected chi connectivity index (χ0v) is 14.5. The summed E-state index contributed by atoms with van der Waals surface area (Å²) in [5.74, 6) is 0.261. The van der Waals surface area contributed by atoms with Crippen molar-refractivity contribution in [2.75, 3.05) is 39.9 Å². The minimum atomic E-state index is 0.261. The number of carbonyl (C=O) groups excluding carboxylic acids is 1. The van der Waals surface area contributed by atoms with Gasteiger partial charge in [0.2, 0.25) is 5.91 Å². The van der Waals surface area contributed by atoms with Crippen molar-refractivity contribution in [1.82, 2.24) is 9.80 Å². The number of carbonyl (C=O) groups is 1. The molecular formula is C19H27N3O2. The van der Waals surface area contributed by atoms with Crippen LogP contribution in [0.2, 0.25) is 0 Å². The average molecular weight is 329 g/mol. The van der Waals surface area contributed by atoms with Crippen LogP contribution in [0.3, 0.4) is 0 Å². The molecule has 1 aliphatic heterocycles. The highest BCUT2D eigenvalue weighted by Gasteiger charge is 2.17. The van der Waals surface area contributed by atoms with Crippen molar-refractivity contribution >= 4 is 5.91 Å². The molecule has 0 aromatic heterocycles. The van der Waals surface area contributed by atoms with Crippen LogP contribution in [-0.4, -0.2) is 55.6 Å². The maximum absolute atomic E-state index is 12.3. The Morgan fingerprint density at radius 2 is 1.92 bits per heavy atom. The maximum atomic E-state index is 12.3. The summed E-state index contributed by atoms with van der Waals surface area (Å²) in [4.78, 5) is 16.6. The number of likely N-dealkylation sites (tertiary alicyclic amines) is 1. The zero-order chi connectivity index (χ0) is 17.2. The molecule has 1 fully saturated rings. The first-order chi connectivity index (χ1) is 11.7. The van der Waals surface area contributed by atoms with E-state index in [1.807, 2.05) is 29.2 Å². The molecule has 1 aromatic rings. The lowest BCUT2D eigenvalue weighted by Gasteiger charge is -2.28. The van der Waals surface area contributed by atoms with Gasteiger partial charge in [-0.2, -0.15) is 5.26 Å². The fourth-order valence-electron chi connectivity index (χ4n) is 2.99. The number of ether oxygens (including phenoxy) is 1. The van der Waals surface area contributed by atoms with Gasteiger partial charge in [0.15, 0.2) is 0 Å². The molecule has 1 aliphatic rings. The topological polar surface area (TPSA) is 56.6 Å². The van der Waals surface area contributed by atoms with E-state index in [-0.39, 0.29) is 5.91 Å². The van der Waals surface area contributed by atoms with E-state index in [9.17, 15) is 4.79 Å². The Bertz CT molecular complexity index is 545. The number of hydrogen-bond acceptors (Lipinski definition) is 4. The Kier molecular flexibility index (Phi) is 7.73. The second kappa shape index (κ2) is 10.1. The van der Waals surface area contributed by atoms with Crippen LogP contribution in [0.5, 0.6) is 0 Å². The molecule has 0 bridgehead atoms. The molecule has 130 valence electrons. The van der Waals surface area contributed by atoms with Crippen molar-refractivity contribution in [2.24, 2.45) is 0 Å². The van der Waals surface area contributed by atoms with Gasteiger partial charge in [-0.05, 0) is 37.0 Å². The first-order valence-corrected chi connectivity index (χ1v) is 8.71. The summed E-state index contributed by atoms with van der Waals surface area (Å²) in [6.45, 7) is 4.76. The standard InChI is InChI=1S/C19H27N3O2/c1-24-14-13-21(16-18-7-5-17(15-20)6-8-18)12-9-19(23)22-10-3-2-4-11-22/h5-8H,2-4,9-14,16H2,1H3. The Hall–Kier alpha value is -1.90. The zero-order valence-electron chi connectivity index (χ0n) is 14.5. The summed E-state index contributed by atoms with van der Waals surface area (Å²) >= 11 is 0. The van der Waals surface area contributed by atoms with E-state index >= 15 is 0 Å². The molecule has 0 atom stereocenters. The molecule has 5 heteroatoms. The van der Waals surface area contributed by atoms with Gasteiger partial charge in [0.05, 0.1) is 18.2 Å². The SMILES string of the molecule is COCCN(CCC(=O)N1CCCCC1)Cc1ccc(C#N)cc1. The summed E-state index contributed by atoms with van der Waals surface area (Å²) < 4.78 is 5.19. The van der Waals surface area contributed by atoms with E-state index in [2.05, 4.69) is 11.0 Å². The summed E-state index contributed by atoms with van der Waals surface area (Å²) in [5.41, 5.74) is 1.82. The van der Waals surface area contributed by atoms with Gasteiger partial charge in [-0.25, -0.2) is 0 Å². The third-order valence-corrected chi connectivity index (χ3v) is 4.45. The van der Waals surface area contributed by atoms with Gasteiger partial charge >= 0.3 is 0 Å². The molecule has 0 spiro atoms. The number of benzene rings is 1. The number of hydrogen-bond donors (Lipinski definition) is 0. The lowest BCUT2D eigenvalue weighted by molar-refractivity contribution is -0.132. The Morgan fingerprint density at radius 3 is 2.54 bits per heavy atom. The van der Waals surface area contributed by atoms with Crippen LogP contribution in [0.4, 0.5) is 0 Å². The van der Waals surface area contributed by atoms with Gasteiger partial charge < -0.3 is 9.64 Å². The molecule has 0 unspecified atom stereocenters. The average Bonchev–Trinajstić information content (AvgIpc) is 2.65. The highest BCUT2D eigenvalue weighted by Crippen LogP contribution is 2.11. The predicted octanol–water partition coefficient (Wildman–Crippen LogP) is 2.41. The molecule has 0 radical (unpaired) electrons. The normalized spacial score (nSPS) is 14.6. The van der Waals surface area contributed by atoms with Crippen molar-refractivity contribution in [3.05, 3.63) is 35.4 Å². The van der Waals surface area contributed by atoms with Crippen molar-refractivity contribution in [2.45, 2.75) is 32.2 Å². The lowest BCUT2D eigenvalue weighted by atomic mass is 10.1. The van der Waals surface area contributed by atoms with Crippen molar-refractivity contribution in [3.63, 3.8) is 0 Å². The van der Waals surface area contributed by atoms with Crippen LogP contribution in [-0.2, 0) is 16.1 Å². The van der Waals surface area contributed by atoms with Crippen molar-refractivity contribution < 1.29 is 9.53 Å². The number of methoxy groups -OCH3 is 1. The van der Waals surface area contributed by atoms with Crippen LogP contribution in [0, 0.1) is 11.3 Å². The molecule has 0 N–H and O–H groups in total. The van der Waals surface area contributed by atoms with Gasteiger partial charge in [0.25, 0.3) is 0 Å². The molecule has 1 amide bonds. The fraction of sp³-hybridized carbons (Fsp3) is 0.579. The monoisotopic (exact) mass is 329 g/mol. The number of nitrogens with zero attached hydrogens (tertiary/aromatic N) is 3. The smallest absolute Gasteiger partial charge is 0.223 e. The van der Waals surface area contributed by atoms with Crippen molar-refractivity contribution in [3.8, 4) is 6.07 Å². The van der Waals surface area contributed by atoms with E-state index in [0.29, 0.717) is 18.6 Å². The highest BCUT2D eigenvalue weighted by atomic mass is 16.5. The highest BCUT2D eigenvalue weighted by molar-refractivity contribution is 5.76. The second-order valence-corrected chi connectivity index (χ2v) is 6.27.